The molecule has 0 heterocycles. The van der Waals surface area contributed by atoms with Gasteiger partial charge >= 0.3 is 5.69 Å². The molecule has 0 saturated carbocycles. The third kappa shape index (κ3) is 5.04. The van der Waals surface area contributed by atoms with Crippen LogP contribution in [0.1, 0.15) is 32.8 Å². The number of nitro benzene ring substituents is 1. The maximum atomic E-state index is 11.0. The quantitative estimate of drug-likeness (QED) is 0.616. The van der Waals surface area contributed by atoms with E-state index in [0.717, 1.165) is 5.56 Å². The lowest BCUT2D eigenvalue weighted by atomic mass is 9.99. The molecular weight excluding hydrogens is 270 g/mol. The second kappa shape index (κ2) is 7.04. The smallest absolute Gasteiger partial charge is 0.310 e. The molecule has 0 fully saturated rings. The zero-order valence-corrected chi connectivity index (χ0v) is 12.8. The van der Waals surface area contributed by atoms with E-state index >= 15 is 0 Å². The Morgan fingerprint density at radius 1 is 1.52 bits per heavy atom. The van der Waals surface area contributed by atoms with E-state index in [0.29, 0.717) is 6.42 Å². The molecule has 1 atom stereocenters. The summed E-state index contributed by atoms with van der Waals surface area (Å²) in [7, 11) is 0. The van der Waals surface area contributed by atoms with Gasteiger partial charge in [-0.1, -0.05) is 6.07 Å². The SMILES string of the molecule is Cc1ccc([N+](=O)[O-])c(OCCC(C)(C#N)NC(C)C)c1. The summed E-state index contributed by atoms with van der Waals surface area (Å²) in [5, 5.41) is 23.4. The highest BCUT2D eigenvalue weighted by Crippen LogP contribution is 2.28. The zero-order valence-electron chi connectivity index (χ0n) is 12.8. The Morgan fingerprint density at radius 3 is 2.71 bits per heavy atom. The molecule has 1 unspecified atom stereocenters. The molecule has 1 rings (SSSR count). The Bertz CT molecular complexity index is 552. The minimum Gasteiger partial charge on any atom is -0.487 e. The zero-order chi connectivity index (χ0) is 16.0. The number of ether oxygens (including phenoxy) is 1. The number of benzene rings is 1. The van der Waals surface area contributed by atoms with Crippen molar-refractivity contribution in [1.29, 1.82) is 5.26 Å². The molecule has 0 aliphatic heterocycles. The van der Waals surface area contributed by atoms with Gasteiger partial charge in [0.2, 0.25) is 0 Å². The number of nitro groups is 1. The van der Waals surface area contributed by atoms with Gasteiger partial charge in [0, 0.05) is 18.5 Å². The van der Waals surface area contributed by atoms with Gasteiger partial charge in [0.1, 0.15) is 5.54 Å². The Morgan fingerprint density at radius 2 is 2.19 bits per heavy atom. The summed E-state index contributed by atoms with van der Waals surface area (Å²) in [6.45, 7) is 7.79. The molecule has 6 nitrogen and oxygen atoms in total. The van der Waals surface area contributed by atoms with Crippen molar-refractivity contribution in [2.75, 3.05) is 6.61 Å². The highest BCUT2D eigenvalue weighted by Gasteiger charge is 2.25. The predicted molar refractivity (Wildman–Crippen MR) is 80.2 cm³/mol. The first-order valence-corrected chi connectivity index (χ1v) is 6.84. The average molecular weight is 291 g/mol. The lowest BCUT2D eigenvalue weighted by Crippen LogP contribution is -2.45. The summed E-state index contributed by atoms with van der Waals surface area (Å²) in [6, 6.07) is 7.13. The summed E-state index contributed by atoms with van der Waals surface area (Å²) >= 11 is 0. The first-order chi connectivity index (χ1) is 9.77. The number of rotatable bonds is 7. The summed E-state index contributed by atoms with van der Waals surface area (Å²) in [4.78, 5) is 10.5. The number of nitriles is 1. The van der Waals surface area contributed by atoms with E-state index in [-0.39, 0.29) is 24.1 Å². The summed E-state index contributed by atoms with van der Waals surface area (Å²) in [5.74, 6) is 0.241. The molecule has 21 heavy (non-hydrogen) atoms. The molecule has 0 aliphatic rings. The van der Waals surface area contributed by atoms with Crippen molar-refractivity contribution in [3.05, 3.63) is 33.9 Å². The fourth-order valence-corrected chi connectivity index (χ4v) is 2.05. The van der Waals surface area contributed by atoms with Crippen LogP contribution >= 0.6 is 0 Å². The topological polar surface area (TPSA) is 88.2 Å². The molecule has 1 aromatic carbocycles. The number of nitrogens with zero attached hydrogens (tertiary/aromatic N) is 2. The monoisotopic (exact) mass is 291 g/mol. The lowest BCUT2D eigenvalue weighted by molar-refractivity contribution is -0.385. The van der Waals surface area contributed by atoms with Crippen LogP contribution in [0.25, 0.3) is 0 Å². The molecule has 0 bridgehead atoms. The number of aryl methyl sites for hydroxylation is 1. The first kappa shape index (κ1) is 16.9. The highest BCUT2D eigenvalue weighted by atomic mass is 16.6. The second-order valence-electron chi connectivity index (χ2n) is 5.57. The van der Waals surface area contributed by atoms with Gasteiger partial charge in [-0.2, -0.15) is 5.26 Å². The van der Waals surface area contributed by atoms with Gasteiger partial charge in [0.25, 0.3) is 0 Å². The van der Waals surface area contributed by atoms with Crippen molar-refractivity contribution < 1.29 is 9.66 Å². The molecule has 0 spiro atoms. The Hall–Kier alpha value is -2.13. The van der Waals surface area contributed by atoms with Crippen molar-refractivity contribution in [2.24, 2.45) is 0 Å². The van der Waals surface area contributed by atoms with E-state index in [1.807, 2.05) is 20.8 Å². The lowest BCUT2D eigenvalue weighted by Gasteiger charge is -2.25. The maximum Gasteiger partial charge on any atom is 0.310 e. The Labute approximate surface area is 124 Å². The Balaban J connectivity index is 2.74. The van der Waals surface area contributed by atoms with Crippen molar-refractivity contribution >= 4 is 5.69 Å². The van der Waals surface area contributed by atoms with Crippen LogP contribution in [-0.2, 0) is 0 Å². The number of hydrogen-bond acceptors (Lipinski definition) is 5. The van der Waals surface area contributed by atoms with Crippen LogP contribution in [0.4, 0.5) is 5.69 Å². The van der Waals surface area contributed by atoms with Crippen molar-refractivity contribution in [2.45, 2.75) is 45.7 Å². The van der Waals surface area contributed by atoms with E-state index < -0.39 is 10.5 Å². The van der Waals surface area contributed by atoms with Gasteiger partial charge in [0.05, 0.1) is 17.6 Å². The highest BCUT2D eigenvalue weighted by molar-refractivity contribution is 5.48. The molecular formula is C15H21N3O3. The summed E-state index contributed by atoms with van der Waals surface area (Å²) in [6.07, 6.45) is 0.437. The van der Waals surface area contributed by atoms with Crippen LogP contribution < -0.4 is 10.1 Å². The van der Waals surface area contributed by atoms with E-state index in [9.17, 15) is 15.4 Å². The molecule has 0 aliphatic carbocycles. The van der Waals surface area contributed by atoms with Crippen LogP contribution in [0.15, 0.2) is 18.2 Å². The second-order valence-corrected chi connectivity index (χ2v) is 5.57. The van der Waals surface area contributed by atoms with Crippen LogP contribution in [0.3, 0.4) is 0 Å². The third-order valence-electron chi connectivity index (χ3n) is 3.03. The van der Waals surface area contributed by atoms with Crippen molar-refractivity contribution in [3.8, 4) is 11.8 Å². The third-order valence-corrected chi connectivity index (χ3v) is 3.03. The van der Waals surface area contributed by atoms with Gasteiger partial charge in [-0.3, -0.25) is 15.4 Å². The van der Waals surface area contributed by atoms with Crippen molar-refractivity contribution in [1.82, 2.24) is 5.32 Å². The molecule has 0 radical (unpaired) electrons. The van der Waals surface area contributed by atoms with E-state index in [1.54, 1.807) is 19.1 Å². The minimum atomic E-state index is -0.716. The van der Waals surface area contributed by atoms with Crippen LogP contribution in [0, 0.1) is 28.4 Å². The average Bonchev–Trinajstić information content (AvgIpc) is 2.37. The predicted octanol–water partition coefficient (Wildman–Crippen LogP) is 2.95. The van der Waals surface area contributed by atoms with Crippen LogP contribution in [0.5, 0.6) is 5.75 Å². The van der Waals surface area contributed by atoms with Crippen LogP contribution in [0.2, 0.25) is 0 Å². The molecule has 0 amide bonds. The van der Waals surface area contributed by atoms with Gasteiger partial charge in [-0.15, -0.1) is 0 Å². The van der Waals surface area contributed by atoms with Gasteiger partial charge in [-0.05, 0) is 39.3 Å². The number of nitrogens with one attached hydrogen (secondary N) is 1. The van der Waals surface area contributed by atoms with E-state index in [4.69, 9.17) is 4.74 Å². The largest absolute Gasteiger partial charge is 0.487 e. The fourth-order valence-electron chi connectivity index (χ4n) is 2.05. The normalized spacial score (nSPS) is 13.5. The van der Waals surface area contributed by atoms with E-state index in [1.165, 1.54) is 6.07 Å². The van der Waals surface area contributed by atoms with E-state index in [2.05, 4.69) is 11.4 Å². The Kier molecular flexibility index (Phi) is 5.68. The van der Waals surface area contributed by atoms with Gasteiger partial charge in [-0.25, -0.2) is 0 Å². The summed E-state index contributed by atoms with van der Waals surface area (Å²) in [5.41, 5.74) is 0.113. The first-order valence-electron chi connectivity index (χ1n) is 6.84. The van der Waals surface area contributed by atoms with Gasteiger partial charge < -0.3 is 4.74 Å². The van der Waals surface area contributed by atoms with Crippen molar-refractivity contribution in [3.63, 3.8) is 0 Å². The molecule has 114 valence electrons. The molecule has 1 N–H and O–H groups in total. The summed E-state index contributed by atoms with van der Waals surface area (Å²) < 4.78 is 5.53. The van der Waals surface area contributed by atoms with Crippen LogP contribution in [-0.4, -0.2) is 23.1 Å². The standard InChI is InChI=1S/C15H21N3O3/c1-11(2)17-15(4,10-16)7-8-21-14-9-12(3)5-6-13(14)18(19)20/h5-6,9,11,17H,7-8H2,1-4H3. The number of hydrogen-bond donors (Lipinski definition) is 1. The molecule has 0 aromatic heterocycles. The fraction of sp³-hybridized carbons (Fsp3) is 0.533. The maximum absolute atomic E-state index is 11.0. The molecule has 1 aromatic rings. The van der Waals surface area contributed by atoms with Gasteiger partial charge in [0.15, 0.2) is 5.75 Å². The molecule has 6 heteroatoms. The minimum absolute atomic E-state index is 0.0592. The molecule has 0 saturated heterocycles.